The Morgan fingerprint density at radius 2 is 1.94 bits per heavy atom. The third-order valence-electron chi connectivity index (χ3n) is 3.35. The fraction of sp³-hybridized carbons (Fsp3) is 0.769. The number of H-pyrrole nitrogens is 1. The van der Waals surface area contributed by atoms with Crippen molar-refractivity contribution in [3.05, 3.63) is 11.6 Å². The Hall–Kier alpha value is -1.39. The molecule has 0 atom stereocenters. The van der Waals surface area contributed by atoms with Crippen molar-refractivity contribution in [2.24, 2.45) is 0 Å². The van der Waals surface area contributed by atoms with Crippen LogP contribution in [0.3, 0.4) is 0 Å². The molecule has 0 radical (unpaired) electrons. The van der Waals surface area contributed by atoms with Gasteiger partial charge in [0.05, 0.1) is 6.61 Å². The number of nitrogens with one attached hydrogen (secondary N) is 1. The molecule has 1 aromatic heterocycles. The van der Waals surface area contributed by atoms with Gasteiger partial charge in [0, 0.05) is 5.92 Å². The highest BCUT2D eigenvalue weighted by Crippen LogP contribution is 2.31. The zero-order valence-electron chi connectivity index (χ0n) is 11.9. The number of hydrogen-bond acceptors (Lipinski definition) is 4. The maximum absolute atomic E-state index is 12.2. The minimum absolute atomic E-state index is 0.232. The molecule has 0 bridgehead atoms. The summed E-state index contributed by atoms with van der Waals surface area (Å²) >= 11 is 0. The molecule has 0 aliphatic carbocycles. The first-order chi connectivity index (χ1) is 8.51. The van der Waals surface area contributed by atoms with Gasteiger partial charge in [-0.05, 0) is 19.8 Å². The van der Waals surface area contributed by atoms with Crippen LogP contribution in [-0.4, -0.2) is 27.8 Å². The minimum atomic E-state index is -0.723. The van der Waals surface area contributed by atoms with Crippen LogP contribution >= 0.6 is 0 Å². The number of esters is 1. The average molecular weight is 253 g/mol. The summed E-state index contributed by atoms with van der Waals surface area (Å²) in [4.78, 5) is 16.7. The van der Waals surface area contributed by atoms with Gasteiger partial charge < -0.3 is 4.74 Å². The van der Waals surface area contributed by atoms with E-state index in [2.05, 4.69) is 15.2 Å². The van der Waals surface area contributed by atoms with Gasteiger partial charge in [0.2, 0.25) is 0 Å². The number of nitrogens with zero attached hydrogens (tertiary/aromatic N) is 2. The van der Waals surface area contributed by atoms with Gasteiger partial charge in [-0.2, -0.15) is 5.10 Å². The van der Waals surface area contributed by atoms with Crippen molar-refractivity contribution >= 4 is 5.97 Å². The van der Waals surface area contributed by atoms with Crippen molar-refractivity contribution in [2.75, 3.05) is 6.61 Å². The van der Waals surface area contributed by atoms with E-state index >= 15 is 0 Å². The zero-order chi connectivity index (χ0) is 13.8. The maximum atomic E-state index is 12.2. The van der Waals surface area contributed by atoms with Crippen LogP contribution in [0, 0.1) is 0 Å². The molecule has 102 valence electrons. The molecule has 18 heavy (non-hydrogen) atoms. The topological polar surface area (TPSA) is 67.9 Å². The smallest absolute Gasteiger partial charge is 0.319 e. The number of rotatable bonds is 6. The second-order valence-electron chi connectivity index (χ2n) is 4.71. The van der Waals surface area contributed by atoms with E-state index in [4.69, 9.17) is 4.74 Å². The van der Waals surface area contributed by atoms with Crippen molar-refractivity contribution < 1.29 is 9.53 Å². The Bertz CT molecular complexity index is 395. The molecule has 0 unspecified atom stereocenters. The molecule has 0 saturated carbocycles. The molecule has 0 spiro atoms. The largest absolute Gasteiger partial charge is 0.465 e. The molecule has 0 aromatic carbocycles. The predicted octanol–water partition coefficient (Wildman–Crippen LogP) is 2.55. The predicted molar refractivity (Wildman–Crippen MR) is 69.4 cm³/mol. The van der Waals surface area contributed by atoms with Gasteiger partial charge in [0.1, 0.15) is 11.2 Å². The van der Waals surface area contributed by atoms with Gasteiger partial charge in [0.15, 0.2) is 5.82 Å². The van der Waals surface area contributed by atoms with Crippen LogP contribution < -0.4 is 0 Å². The first kappa shape index (κ1) is 14.7. The third kappa shape index (κ3) is 2.54. The first-order valence-corrected chi connectivity index (χ1v) is 6.61. The highest BCUT2D eigenvalue weighted by molar-refractivity contribution is 5.81. The lowest BCUT2D eigenvalue weighted by Gasteiger charge is -2.25. The van der Waals surface area contributed by atoms with Crippen LogP contribution in [0.4, 0.5) is 0 Å². The van der Waals surface area contributed by atoms with E-state index in [0.717, 1.165) is 5.82 Å². The SMILES string of the molecule is CCOC(=O)C(CC)(CC)c1n[nH]c(C(C)C)n1. The normalized spacial score (nSPS) is 11.9. The lowest BCUT2D eigenvalue weighted by molar-refractivity contribution is -0.151. The van der Waals surface area contributed by atoms with Crippen molar-refractivity contribution in [3.8, 4) is 0 Å². The molecule has 0 saturated heterocycles. The Morgan fingerprint density at radius 1 is 1.33 bits per heavy atom. The van der Waals surface area contributed by atoms with Crippen LogP contribution in [0.1, 0.15) is 65.0 Å². The summed E-state index contributed by atoms with van der Waals surface area (Å²) in [5.41, 5.74) is -0.723. The fourth-order valence-corrected chi connectivity index (χ4v) is 1.96. The van der Waals surface area contributed by atoms with E-state index in [9.17, 15) is 4.79 Å². The molecule has 1 aromatic rings. The summed E-state index contributed by atoms with van der Waals surface area (Å²) in [6, 6.07) is 0. The van der Waals surface area contributed by atoms with Crippen molar-refractivity contribution in [1.82, 2.24) is 15.2 Å². The summed E-state index contributed by atoms with van der Waals surface area (Å²) in [6.07, 6.45) is 1.27. The number of ether oxygens (including phenoxy) is 1. The molecule has 1 N–H and O–H groups in total. The Kier molecular flexibility index (Phi) is 4.87. The molecule has 0 amide bonds. The lowest BCUT2D eigenvalue weighted by Crippen LogP contribution is -2.37. The number of carbonyl (C=O) groups is 1. The number of hydrogen-bond donors (Lipinski definition) is 1. The van der Waals surface area contributed by atoms with Crippen molar-refractivity contribution in [3.63, 3.8) is 0 Å². The van der Waals surface area contributed by atoms with Gasteiger partial charge >= 0.3 is 5.97 Å². The Balaban J connectivity index is 3.13. The van der Waals surface area contributed by atoms with Gasteiger partial charge in [-0.25, -0.2) is 4.98 Å². The molecule has 1 rings (SSSR count). The van der Waals surface area contributed by atoms with Crippen LogP contribution in [-0.2, 0) is 14.9 Å². The molecule has 0 aliphatic rings. The van der Waals surface area contributed by atoms with E-state index in [1.807, 2.05) is 34.6 Å². The Labute approximate surface area is 108 Å². The molecular formula is C13H23N3O2. The monoisotopic (exact) mass is 253 g/mol. The lowest BCUT2D eigenvalue weighted by atomic mass is 9.81. The van der Waals surface area contributed by atoms with E-state index in [1.165, 1.54) is 0 Å². The second kappa shape index (κ2) is 5.98. The molecule has 0 aliphatic heterocycles. The minimum Gasteiger partial charge on any atom is -0.465 e. The molecule has 1 heterocycles. The van der Waals surface area contributed by atoms with Gasteiger partial charge in [-0.3, -0.25) is 9.89 Å². The summed E-state index contributed by atoms with van der Waals surface area (Å²) in [5.74, 6) is 1.39. The van der Waals surface area contributed by atoms with Crippen LogP contribution in [0.25, 0.3) is 0 Å². The molecule has 5 heteroatoms. The summed E-state index contributed by atoms with van der Waals surface area (Å²) in [7, 11) is 0. The van der Waals surface area contributed by atoms with E-state index in [1.54, 1.807) is 0 Å². The van der Waals surface area contributed by atoms with Gasteiger partial charge in [0.25, 0.3) is 0 Å². The standard InChI is InChI=1S/C13H23N3O2/c1-6-13(7-2,12(17)18-8-3)11-14-10(9(4)5)15-16-11/h9H,6-8H2,1-5H3,(H,14,15,16). The van der Waals surface area contributed by atoms with Crippen LogP contribution in [0.15, 0.2) is 0 Å². The Morgan fingerprint density at radius 3 is 2.33 bits per heavy atom. The van der Waals surface area contributed by atoms with E-state index < -0.39 is 5.41 Å². The summed E-state index contributed by atoms with van der Waals surface area (Å²) in [6.45, 7) is 10.2. The molecule has 5 nitrogen and oxygen atoms in total. The maximum Gasteiger partial charge on any atom is 0.319 e. The number of aromatic nitrogens is 3. The second-order valence-corrected chi connectivity index (χ2v) is 4.71. The average Bonchev–Trinajstić information content (AvgIpc) is 2.82. The zero-order valence-corrected chi connectivity index (χ0v) is 11.9. The number of carbonyl (C=O) groups excluding carboxylic acids is 1. The quantitative estimate of drug-likeness (QED) is 0.791. The van der Waals surface area contributed by atoms with Gasteiger partial charge in [-0.15, -0.1) is 0 Å². The van der Waals surface area contributed by atoms with E-state index in [-0.39, 0.29) is 11.9 Å². The summed E-state index contributed by atoms with van der Waals surface area (Å²) in [5, 5.41) is 7.13. The van der Waals surface area contributed by atoms with Crippen LogP contribution in [0.2, 0.25) is 0 Å². The number of aromatic amines is 1. The first-order valence-electron chi connectivity index (χ1n) is 6.61. The molecular weight excluding hydrogens is 230 g/mol. The van der Waals surface area contributed by atoms with Crippen LogP contribution in [0.5, 0.6) is 0 Å². The molecule has 0 fully saturated rings. The van der Waals surface area contributed by atoms with Gasteiger partial charge in [-0.1, -0.05) is 27.7 Å². The third-order valence-corrected chi connectivity index (χ3v) is 3.35. The fourth-order valence-electron chi connectivity index (χ4n) is 1.96. The summed E-state index contributed by atoms with van der Waals surface area (Å²) < 4.78 is 5.18. The van der Waals surface area contributed by atoms with Crippen molar-refractivity contribution in [2.45, 2.75) is 58.8 Å². The van der Waals surface area contributed by atoms with Crippen molar-refractivity contribution in [1.29, 1.82) is 0 Å². The highest BCUT2D eigenvalue weighted by Gasteiger charge is 2.42. The van der Waals surface area contributed by atoms with E-state index in [0.29, 0.717) is 25.3 Å². The highest BCUT2D eigenvalue weighted by atomic mass is 16.5.